The Morgan fingerprint density at radius 1 is 1.21 bits per heavy atom. The number of halogens is 1. The van der Waals surface area contributed by atoms with Gasteiger partial charge in [0, 0.05) is 5.56 Å². The van der Waals surface area contributed by atoms with Gasteiger partial charge in [0.1, 0.15) is 11.0 Å². The van der Waals surface area contributed by atoms with Crippen molar-refractivity contribution in [3.8, 4) is 11.8 Å². The fourth-order valence-electron chi connectivity index (χ4n) is 3.32. The van der Waals surface area contributed by atoms with Gasteiger partial charge >= 0.3 is 5.97 Å². The van der Waals surface area contributed by atoms with E-state index in [-0.39, 0.29) is 5.97 Å². The van der Waals surface area contributed by atoms with Crippen molar-refractivity contribution in [3.63, 3.8) is 0 Å². The number of esters is 1. The zero-order valence-corrected chi connectivity index (χ0v) is 19.3. The van der Waals surface area contributed by atoms with Crippen LogP contribution in [0.3, 0.4) is 0 Å². The summed E-state index contributed by atoms with van der Waals surface area (Å²) < 4.78 is 6.84. The minimum atomic E-state index is -1.45. The molecule has 0 radical (unpaired) electrons. The van der Waals surface area contributed by atoms with Crippen molar-refractivity contribution in [1.29, 1.82) is 0 Å². The summed E-state index contributed by atoms with van der Waals surface area (Å²) in [7, 11) is 0. The first-order chi connectivity index (χ1) is 13.0. The maximum absolute atomic E-state index is 13.4. The van der Waals surface area contributed by atoms with Gasteiger partial charge in [0.05, 0.1) is 0 Å². The van der Waals surface area contributed by atoms with E-state index in [0.29, 0.717) is 17.6 Å². The highest BCUT2D eigenvalue weighted by molar-refractivity contribution is 14.1. The van der Waals surface area contributed by atoms with Crippen LogP contribution in [0.2, 0.25) is 0 Å². The summed E-state index contributed by atoms with van der Waals surface area (Å²) in [6.07, 6.45) is 5.96. The standard InChI is InChI=1S/C24H29IO3/c1-18(2)12-14-24(27)16-15-23(13-8-9-17-25,21(26)28-22(3,4)5)19-10-6-7-11-20(19)24/h6-7,10-11,15-16,27H,1,8-9,13,17H2,2-5H3. The normalized spacial score (nSPS) is 23.4. The molecule has 0 bridgehead atoms. The maximum atomic E-state index is 13.4. The highest BCUT2D eigenvalue weighted by Crippen LogP contribution is 2.44. The highest BCUT2D eigenvalue weighted by atomic mass is 127. The molecular weight excluding hydrogens is 463 g/mol. The second-order valence-corrected chi connectivity index (χ2v) is 9.37. The largest absolute Gasteiger partial charge is 0.459 e. The molecule has 0 spiro atoms. The van der Waals surface area contributed by atoms with Crippen molar-refractivity contribution in [2.45, 2.75) is 63.6 Å². The first-order valence-corrected chi connectivity index (χ1v) is 11.1. The first kappa shape index (κ1) is 22.7. The van der Waals surface area contributed by atoms with Crippen LogP contribution in [-0.2, 0) is 20.5 Å². The van der Waals surface area contributed by atoms with E-state index in [1.807, 2.05) is 45.0 Å². The van der Waals surface area contributed by atoms with E-state index in [1.54, 1.807) is 19.1 Å². The molecule has 0 heterocycles. The van der Waals surface area contributed by atoms with Gasteiger partial charge in [0.2, 0.25) is 0 Å². The van der Waals surface area contributed by atoms with E-state index < -0.39 is 16.6 Å². The molecule has 0 fully saturated rings. The SMILES string of the molecule is C=C(C)C#CC1(O)C=CC(CCCCI)(C(=O)OC(C)(C)C)c2ccccc21. The zero-order chi connectivity index (χ0) is 21.0. The minimum absolute atomic E-state index is 0.285. The number of fused-ring (bicyclic) bond motifs is 1. The number of ether oxygens (including phenoxy) is 1. The molecule has 0 aliphatic heterocycles. The third kappa shape index (κ3) is 5.07. The number of allylic oxidation sites excluding steroid dienone is 1. The van der Waals surface area contributed by atoms with Crippen molar-refractivity contribution >= 4 is 28.6 Å². The van der Waals surface area contributed by atoms with E-state index in [1.165, 1.54) is 0 Å². The van der Waals surface area contributed by atoms with Gasteiger partial charge in [0.15, 0.2) is 5.60 Å². The lowest BCUT2D eigenvalue weighted by Crippen LogP contribution is -2.44. The maximum Gasteiger partial charge on any atom is 0.320 e. The second kappa shape index (κ2) is 8.84. The number of carbonyl (C=O) groups is 1. The van der Waals surface area contributed by atoms with Crippen LogP contribution in [0.15, 0.2) is 48.6 Å². The number of aliphatic hydroxyl groups is 1. The Labute approximate surface area is 182 Å². The molecule has 1 aliphatic carbocycles. The highest BCUT2D eigenvalue weighted by Gasteiger charge is 2.47. The lowest BCUT2D eigenvalue weighted by atomic mass is 9.67. The van der Waals surface area contributed by atoms with Crippen molar-refractivity contribution in [2.24, 2.45) is 0 Å². The first-order valence-electron chi connectivity index (χ1n) is 9.55. The summed E-state index contributed by atoms with van der Waals surface area (Å²) in [5.74, 6) is 5.51. The van der Waals surface area contributed by atoms with Gasteiger partial charge in [-0.05, 0) is 62.2 Å². The Kier molecular flexibility index (Phi) is 7.17. The Morgan fingerprint density at radius 2 is 1.86 bits per heavy atom. The summed E-state index contributed by atoms with van der Waals surface area (Å²) in [5.41, 5.74) is -0.906. The van der Waals surface area contributed by atoms with Crippen LogP contribution in [0.25, 0.3) is 0 Å². The summed E-state index contributed by atoms with van der Waals surface area (Å²) in [6.45, 7) is 11.2. The van der Waals surface area contributed by atoms with Gasteiger partial charge in [-0.2, -0.15) is 0 Å². The summed E-state index contributed by atoms with van der Waals surface area (Å²) in [6, 6.07) is 7.49. The summed E-state index contributed by atoms with van der Waals surface area (Å²) in [5, 5.41) is 11.2. The third-order valence-corrected chi connectivity index (χ3v) is 5.37. The smallest absolute Gasteiger partial charge is 0.320 e. The molecule has 2 atom stereocenters. The van der Waals surface area contributed by atoms with Crippen molar-refractivity contribution < 1.29 is 14.6 Å². The molecular formula is C24H29IO3. The van der Waals surface area contributed by atoms with Crippen LogP contribution in [-0.4, -0.2) is 21.1 Å². The number of hydrogen-bond acceptors (Lipinski definition) is 3. The van der Waals surface area contributed by atoms with Crippen LogP contribution in [0, 0.1) is 11.8 Å². The number of unbranched alkanes of at least 4 members (excludes halogenated alkanes) is 1. The summed E-state index contributed by atoms with van der Waals surface area (Å²) >= 11 is 2.35. The van der Waals surface area contributed by atoms with Crippen LogP contribution in [0.5, 0.6) is 0 Å². The van der Waals surface area contributed by atoms with E-state index in [9.17, 15) is 9.90 Å². The monoisotopic (exact) mass is 492 g/mol. The molecule has 1 aromatic carbocycles. The topological polar surface area (TPSA) is 46.5 Å². The van der Waals surface area contributed by atoms with Gasteiger partial charge in [-0.25, -0.2) is 0 Å². The molecule has 1 aromatic rings. The van der Waals surface area contributed by atoms with Gasteiger partial charge in [-0.3, -0.25) is 4.79 Å². The number of benzene rings is 1. The van der Waals surface area contributed by atoms with Crippen molar-refractivity contribution in [3.05, 3.63) is 59.7 Å². The molecule has 28 heavy (non-hydrogen) atoms. The average Bonchev–Trinajstić information content (AvgIpc) is 2.61. The number of hydrogen-bond donors (Lipinski definition) is 1. The number of rotatable bonds is 5. The van der Waals surface area contributed by atoms with E-state index in [4.69, 9.17) is 4.74 Å². The molecule has 3 nitrogen and oxygen atoms in total. The Morgan fingerprint density at radius 3 is 2.43 bits per heavy atom. The van der Waals surface area contributed by atoms with Gasteiger partial charge < -0.3 is 9.84 Å². The minimum Gasteiger partial charge on any atom is -0.459 e. The molecule has 0 aromatic heterocycles. The molecule has 1 N–H and O–H groups in total. The predicted molar refractivity (Wildman–Crippen MR) is 122 cm³/mol. The number of alkyl halides is 1. The molecule has 4 heteroatoms. The second-order valence-electron chi connectivity index (χ2n) is 8.29. The van der Waals surface area contributed by atoms with Crippen LogP contribution < -0.4 is 0 Å². The van der Waals surface area contributed by atoms with E-state index in [0.717, 1.165) is 22.8 Å². The molecule has 2 rings (SSSR count). The fourth-order valence-corrected chi connectivity index (χ4v) is 3.86. The van der Waals surface area contributed by atoms with Gasteiger partial charge in [-0.15, -0.1) is 0 Å². The third-order valence-electron chi connectivity index (χ3n) is 4.61. The molecule has 150 valence electrons. The molecule has 0 saturated heterocycles. The van der Waals surface area contributed by atoms with Crippen molar-refractivity contribution in [1.82, 2.24) is 0 Å². The van der Waals surface area contributed by atoms with Crippen LogP contribution >= 0.6 is 22.6 Å². The predicted octanol–water partition coefficient (Wildman–Crippen LogP) is 5.21. The number of carbonyl (C=O) groups excluding carboxylic acids is 1. The van der Waals surface area contributed by atoms with E-state index in [2.05, 4.69) is 41.0 Å². The lowest BCUT2D eigenvalue weighted by molar-refractivity contribution is -0.160. The molecule has 1 aliphatic rings. The average molecular weight is 492 g/mol. The fraction of sp³-hybridized carbons (Fsp3) is 0.458. The zero-order valence-electron chi connectivity index (χ0n) is 17.1. The lowest BCUT2D eigenvalue weighted by Gasteiger charge is -2.39. The van der Waals surface area contributed by atoms with Gasteiger partial charge in [0.25, 0.3) is 0 Å². The molecule has 2 unspecified atom stereocenters. The molecule has 0 amide bonds. The summed E-state index contributed by atoms with van der Waals surface area (Å²) in [4.78, 5) is 13.4. The Balaban J connectivity index is 2.62. The van der Waals surface area contributed by atoms with Crippen molar-refractivity contribution in [2.75, 3.05) is 4.43 Å². The van der Waals surface area contributed by atoms with E-state index >= 15 is 0 Å². The van der Waals surface area contributed by atoms with Gasteiger partial charge in [-0.1, -0.05) is 77.8 Å². The Bertz CT molecular complexity index is 837. The molecule has 0 saturated carbocycles. The quantitative estimate of drug-likeness (QED) is 0.153. The van der Waals surface area contributed by atoms with Crippen LogP contribution in [0.1, 0.15) is 58.1 Å². The van der Waals surface area contributed by atoms with Crippen LogP contribution in [0.4, 0.5) is 0 Å². The Hall–Kier alpha value is -1.58.